The van der Waals surface area contributed by atoms with Gasteiger partial charge < -0.3 is 13.9 Å². The van der Waals surface area contributed by atoms with Crippen LogP contribution in [0.15, 0.2) is 259 Å². The van der Waals surface area contributed by atoms with Crippen LogP contribution in [0.1, 0.15) is 0 Å². The highest BCUT2D eigenvalue weighted by atomic mass is 16.3. The van der Waals surface area contributed by atoms with Gasteiger partial charge in [-0.05, 0) is 117 Å². The fourth-order valence-corrected chi connectivity index (χ4v) is 10.2. The molecule has 0 radical (unpaired) electrons. The Bertz CT molecular complexity index is 3920. The van der Waals surface area contributed by atoms with E-state index in [-0.39, 0.29) is 0 Å². The summed E-state index contributed by atoms with van der Waals surface area (Å²) in [6.45, 7) is 0. The smallest absolute Gasteiger partial charge is 0.145 e. The molecule has 0 aliphatic rings. The van der Waals surface area contributed by atoms with Crippen molar-refractivity contribution in [1.82, 2.24) is 4.57 Å². The number of aromatic nitrogens is 1. The van der Waals surface area contributed by atoms with E-state index in [0.29, 0.717) is 0 Å². The predicted molar refractivity (Wildman–Crippen MR) is 282 cm³/mol. The van der Waals surface area contributed by atoms with Gasteiger partial charge in [-0.1, -0.05) is 182 Å². The molecule has 11 aromatic carbocycles. The van der Waals surface area contributed by atoms with Crippen LogP contribution in [-0.4, -0.2) is 4.57 Å². The number of furan rings is 1. The van der Waals surface area contributed by atoms with Crippen LogP contribution in [0.3, 0.4) is 0 Å². The molecular weight excluding hydrogens is 813 g/mol. The molecule has 0 aliphatic heterocycles. The number of nitrogens with zero attached hydrogens (tertiary/aromatic N) is 2. The molecule has 314 valence electrons. The minimum absolute atomic E-state index is 0.845. The Balaban J connectivity index is 1.04. The third-order valence-corrected chi connectivity index (χ3v) is 13.4. The standard InChI is InChI=1S/C64H42N2O/c1-3-16-43(17-4-1)49-34-38-60(57(42-49)46-19-5-2-6-20-46)65(51-35-32-45(33-36-51)48-31-30-44-18-7-8-21-47(44)40-48)61-39-37-53(64-63(61)56-26-11-14-29-62(56)67-64)50-22-15-23-52(41-50)66-58-27-12-9-24-54(58)55-25-10-13-28-59(55)66/h1-42H. The van der Waals surface area contributed by atoms with Crippen molar-refractivity contribution in [2.24, 2.45) is 0 Å². The molecule has 0 amide bonds. The quantitative estimate of drug-likeness (QED) is 0.152. The van der Waals surface area contributed by atoms with Crippen molar-refractivity contribution in [1.29, 1.82) is 0 Å². The number of hydrogen-bond donors (Lipinski definition) is 0. The highest BCUT2D eigenvalue weighted by Gasteiger charge is 2.25. The van der Waals surface area contributed by atoms with E-state index >= 15 is 0 Å². The third kappa shape index (κ3) is 6.59. The Hall–Kier alpha value is -8.92. The number of para-hydroxylation sites is 3. The first kappa shape index (κ1) is 38.5. The maximum absolute atomic E-state index is 7.04. The van der Waals surface area contributed by atoms with Gasteiger partial charge in [0.15, 0.2) is 0 Å². The molecule has 0 spiro atoms. The van der Waals surface area contributed by atoms with E-state index in [2.05, 4.69) is 264 Å². The molecular formula is C64H42N2O. The van der Waals surface area contributed by atoms with Crippen molar-refractivity contribution < 1.29 is 4.42 Å². The lowest BCUT2D eigenvalue weighted by Crippen LogP contribution is -2.12. The summed E-state index contributed by atoms with van der Waals surface area (Å²) < 4.78 is 9.42. The van der Waals surface area contributed by atoms with Crippen molar-refractivity contribution in [3.8, 4) is 50.2 Å². The highest BCUT2D eigenvalue weighted by molar-refractivity contribution is 6.18. The summed E-state index contributed by atoms with van der Waals surface area (Å²) in [7, 11) is 0. The molecule has 2 heterocycles. The summed E-state index contributed by atoms with van der Waals surface area (Å²) in [6, 6.07) is 91.9. The maximum Gasteiger partial charge on any atom is 0.145 e. The summed E-state index contributed by atoms with van der Waals surface area (Å²) in [6.07, 6.45) is 0. The molecule has 3 heteroatoms. The van der Waals surface area contributed by atoms with Crippen LogP contribution in [0, 0.1) is 0 Å². The van der Waals surface area contributed by atoms with Crippen molar-refractivity contribution >= 4 is 71.6 Å². The monoisotopic (exact) mass is 854 g/mol. The number of fused-ring (bicyclic) bond motifs is 7. The predicted octanol–water partition coefficient (Wildman–Crippen LogP) is 18.0. The first-order valence-electron chi connectivity index (χ1n) is 22.9. The summed E-state index contributed by atoms with van der Waals surface area (Å²) in [5.74, 6) is 0. The molecule has 0 saturated heterocycles. The first-order chi connectivity index (χ1) is 33.2. The summed E-state index contributed by atoms with van der Waals surface area (Å²) in [5, 5.41) is 7.06. The lowest BCUT2D eigenvalue weighted by Gasteiger charge is -2.29. The van der Waals surface area contributed by atoms with Crippen molar-refractivity contribution in [2.45, 2.75) is 0 Å². The lowest BCUT2D eigenvalue weighted by atomic mass is 9.95. The number of anilines is 3. The van der Waals surface area contributed by atoms with E-state index in [1.807, 2.05) is 0 Å². The van der Waals surface area contributed by atoms with Crippen LogP contribution >= 0.6 is 0 Å². The van der Waals surface area contributed by atoms with E-state index < -0.39 is 0 Å². The number of rotatable bonds is 8. The second kappa shape index (κ2) is 16.0. The second-order valence-corrected chi connectivity index (χ2v) is 17.3. The van der Waals surface area contributed by atoms with E-state index in [9.17, 15) is 0 Å². The summed E-state index contributed by atoms with van der Waals surface area (Å²) in [4.78, 5) is 2.43. The fourth-order valence-electron chi connectivity index (χ4n) is 10.2. The fraction of sp³-hybridized carbons (Fsp3) is 0. The number of benzene rings is 11. The Labute approximate surface area is 388 Å². The van der Waals surface area contributed by atoms with Gasteiger partial charge in [-0.25, -0.2) is 0 Å². The SMILES string of the molecule is c1ccc(-c2ccc(N(c3ccc(-c4ccc5ccccc5c4)cc3)c3ccc(-c4cccc(-n5c6ccccc6c6ccccc65)c4)c4oc5ccccc5c34)c(-c3ccccc3)c2)cc1. The zero-order valence-corrected chi connectivity index (χ0v) is 36.6. The highest BCUT2D eigenvalue weighted by Crippen LogP contribution is 2.49. The molecule has 0 atom stereocenters. The van der Waals surface area contributed by atoms with Crippen LogP contribution in [0.4, 0.5) is 17.1 Å². The molecule has 0 aliphatic carbocycles. The van der Waals surface area contributed by atoms with Crippen molar-refractivity contribution in [2.75, 3.05) is 4.90 Å². The van der Waals surface area contributed by atoms with Crippen LogP contribution in [0.5, 0.6) is 0 Å². The molecule has 0 fully saturated rings. The Morgan fingerprint density at radius 1 is 0.328 bits per heavy atom. The van der Waals surface area contributed by atoms with Gasteiger partial charge in [-0.15, -0.1) is 0 Å². The van der Waals surface area contributed by atoms with E-state index in [4.69, 9.17) is 4.42 Å². The lowest BCUT2D eigenvalue weighted by molar-refractivity contribution is 0.670. The van der Waals surface area contributed by atoms with Gasteiger partial charge >= 0.3 is 0 Å². The summed E-state index contributed by atoms with van der Waals surface area (Å²) in [5.41, 5.74) is 17.4. The Kier molecular flexibility index (Phi) is 9.17. The molecule has 0 saturated carbocycles. The average molecular weight is 855 g/mol. The van der Waals surface area contributed by atoms with Gasteiger partial charge in [0.2, 0.25) is 0 Å². The van der Waals surface area contributed by atoms with Gasteiger partial charge in [-0.2, -0.15) is 0 Å². The average Bonchev–Trinajstić information content (AvgIpc) is 3.96. The van der Waals surface area contributed by atoms with Crippen LogP contribution < -0.4 is 4.90 Å². The molecule has 13 aromatic rings. The maximum atomic E-state index is 7.04. The van der Waals surface area contributed by atoms with Gasteiger partial charge in [0, 0.05) is 38.7 Å². The van der Waals surface area contributed by atoms with Gasteiger partial charge in [0.25, 0.3) is 0 Å². The number of hydrogen-bond acceptors (Lipinski definition) is 2. The second-order valence-electron chi connectivity index (χ2n) is 17.3. The van der Waals surface area contributed by atoms with Gasteiger partial charge in [-0.3, -0.25) is 0 Å². The first-order valence-corrected chi connectivity index (χ1v) is 22.9. The molecule has 0 bridgehead atoms. The molecule has 0 unspecified atom stereocenters. The zero-order valence-electron chi connectivity index (χ0n) is 36.6. The molecule has 67 heavy (non-hydrogen) atoms. The van der Waals surface area contributed by atoms with Gasteiger partial charge in [0.1, 0.15) is 11.2 Å². The summed E-state index contributed by atoms with van der Waals surface area (Å²) >= 11 is 0. The van der Waals surface area contributed by atoms with E-state index in [1.54, 1.807) is 0 Å². The zero-order chi connectivity index (χ0) is 44.3. The molecule has 13 rings (SSSR count). The van der Waals surface area contributed by atoms with E-state index in [0.717, 1.165) is 78.1 Å². The normalized spacial score (nSPS) is 11.6. The topological polar surface area (TPSA) is 21.3 Å². The molecule has 2 aromatic heterocycles. The third-order valence-electron chi connectivity index (χ3n) is 13.4. The molecule has 0 N–H and O–H groups in total. The molecule has 3 nitrogen and oxygen atoms in total. The van der Waals surface area contributed by atoms with E-state index in [1.165, 1.54) is 43.7 Å². The minimum atomic E-state index is 0.845. The van der Waals surface area contributed by atoms with Crippen LogP contribution in [0.2, 0.25) is 0 Å². The van der Waals surface area contributed by atoms with Crippen molar-refractivity contribution in [3.63, 3.8) is 0 Å². The minimum Gasteiger partial charge on any atom is -0.455 e. The van der Waals surface area contributed by atoms with Crippen LogP contribution in [-0.2, 0) is 0 Å². The largest absolute Gasteiger partial charge is 0.455 e. The Morgan fingerprint density at radius 3 is 1.66 bits per heavy atom. The van der Waals surface area contributed by atoms with Crippen LogP contribution in [0.25, 0.3) is 105 Å². The Morgan fingerprint density at radius 2 is 0.896 bits per heavy atom. The van der Waals surface area contributed by atoms with Gasteiger partial charge in [0.05, 0.1) is 27.8 Å². The van der Waals surface area contributed by atoms with Crippen molar-refractivity contribution in [3.05, 3.63) is 255 Å².